The van der Waals surface area contributed by atoms with E-state index in [1.54, 1.807) is 41.8 Å². The third kappa shape index (κ3) is 3.53. The zero-order valence-corrected chi connectivity index (χ0v) is 13.2. The highest BCUT2D eigenvalue weighted by atomic mass is 35.5. The van der Waals surface area contributed by atoms with Crippen LogP contribution in [0.2, 0.25) is 5.02 Å². The minimum Gasteiger partial charge on any atom is -0.267 e. The predicted molar refractivity (Wildman–Crippen MR) is 90.5 cm³/mol. The summed E-state index contributed by atoms with van der Waals surface area (Å²) in [5, 5.41) is 6.94. The average Bonchev–Trinajstić information content (AvgIpc) is 3.19. The van der Waals surface area contributed by atoms with E-state index < -0.39 is 0 Å². The average molecular weight is 329 g/mol. The molecule has 0 aliphatic rings. The van der Waals surface area contributed by atoms with E-state index in [1.165, 1.54) is 9.56 Å². The predicted octanol–water partition coefficient (Wildman–Crippen LogP) is 4.54. The molecule has 0 aliphatic carbocycles. The lowest BCUT2D eigenvalue weighted by Crippen LogP contribution is -2.12. The number of allylic oxidation sites excluding steroid dienone is 1. The molecule has 0 amide bonds. The number of aromatic nitrogens is 2. The van der Waals surface area contributed by atoms with Crippen LogP contribution < -0.4 is 0 Å². The van der Waals surface area contributed by atoms with Crippen LogP contribution in [0.5, 0.6) is 0 Å². The number of nitrogens with zero attached hydrogens (tertiary/aromatic N) is 2. The number of rotatable bonds is 4. The summed E-state index contributed by atoms with van der Waals surface area (Å²) < 4.78 is 1.34. The molecule has 3 rings (SSSR count). The summed E-state index contributed by atoms with van der Waals surface area (Å²) >= 11 is 7.55. The third-order valence-corrected chi connectivity index (χ3v) is 4.25. The number of thiophene rings is 1. The van der Waals surface area contributed by atoms with Crippen molar-refractivity contribution in [3.8, 4) is 0 Å². The Hall–Kier alpha value is -2.17. The molecule has 0 spiro atoms. The molecule has 0 radical (unpaired) electrons. The van der Waals surface area contributed by atoms with E-state index in [9.17, 15) is 4.79 Å². The Bertz CT molecular complexity index is 788. The van der Waals surface area contributed by atoms with Crippen molar-refractivity contribution in [1.29, 1.82) is 0 Å². The maximum Gasteiger partial charge on any atom is 0.278 e. The first kappa shape index (κ1) is 14.8. The first-order valence-corrected chi connectivity index (χ1v) is 8.03. The molecule has 0 unspecified atom stereocenters. The van der Waals surface area contributed by atoms with Gasteiger partial charge in [-0.3, -0.25) is 4.79 Å². The van der Waals surface area contributed by atoms with Crippen molar-refractivity contribution < 1.29 is 4.79 Å². The first-order valence-electron chi connectivity index (χ1n) is 6.77. The van der Waals surface area contributed by atoms with Gasteiger partial charge < -0.3 is 0 Å². The van der Waals surface area contributed by atoms with Crippen LogP contribution in [-0.4, -0.2) is 15.7 Å². The van der Waals surface area contributed by atoms with Crippen molar-refractivity contribution in [1.82, 2.24) is 9.78 Å². The maximum atomic E-state index is 12.3. The smallest absolute Gasteiger partial charge is 0.267 e. The second kappa shape index (κ2) is 6.73. The number of hydrogen-bond donors (Lipinski definition) is 0. The van der Waals surface area contributed by atoms with Crippen molar-refractivity contribution in [3.63, 3.8) is 0 Å². The largest absolute Gasteiger partial charge is 0.278 e. The number of hydrogen-bond acceptors (Lipinski definition) is 3. The minimum atomic E-state index is -0.172. The molecular formula is C17H13ClN2OS. The highest BCUT2D eigenvalue weighted by molar-refractivity contribution is 7.09. The summed E-state index contributed by atoms with van der Waals surface area (Å²) in [5.41, 5.74) is 1.32. The Kier molecular flexibility index (Phi) is 4.51. The molecule has 0 saturated carbocycles. The van der Waals surface area contributed by atoms with Gasteiger partial charge in [-0.2, -0.15) is 5.10 Å². The van der Waals surface area contributed by atoms with E-state index >= 15 is 0 Å². The summed E-state index contributed by atoms with van der Waals surface area (Å²) in [4.78, 5) is 13.6. The van der Waals surface area contributed by atoms with E-state index in [1.807, 2.05) is 24.3 Å². The van der Waals surface area contributed by atoms with Crippen molar-refractivity contribution >= 4 is 34.9 Å². The van der Waals surface area contributed by atoms with Gasteiger partial charge in [0.1, 0.15) is 0 Å². The molecule has 0 fully saturated rings. The fourth-order valence-corrected chi connectivity index (χ4v) is 2.80. The number of carbonyl (C=O) groups is 1. The van der Waals surface area contributed by atoms with Gasteiger partial charge in [0.25, 0.3) is 5.91 Å². The van der Waals surface area contributed by atoms with E-state index in [4.69, 9.17) is 11.6 Å². The van der Waals surface area contributed by atoms with Gasteiger partial charge in [0.15, 0.2) is 0 Å². The van der Waals surface area contributed by atoms with Crippen LogP contribution in [0, 0.1) is 0 Å². The normalized spacial score (nSPS) is 11.1. The molecule has 0 N–H and O–H groups in total. The minimum absolute atomic E-state index is 0.172. The number of benzene rings is 1. The van der Waals surface area contributed by atoms with Gasteiger partial charge in [0.05, 0.1) is 5.69 Å². The Balaban J connectivity index is 1.69. The second-order valence-electron chi connectivity index (χ2n) is 4.68. The molecule has 3 aromatic rings. The molecule has 1 aromatic carbocycles. The highest BCUT2D eigenvalue weighted by Gasteiger charge is 2.09. The van der Waals surface area contributed by atoms with Crippen LogP contribution in [0.3, 0.4) is 0 Å². The molecule has 5 heteroatoms. The van der Waals surface area contributed by atoms with Crippen molar-refractivity contribution in [2.24, 2.45) is 0 Å². The molecule has 0 aliphatic heterocycles. The Labute approximate surface area is 137 Å². The summed E-state index contributed by atoms with van der Waals surface area (Å²) in [6, 6.07) is 12.7. The van der Waals surface area contributed by atoms with Crippen LogP contribution in [-0.2, 0) is 6.42 Å². The van der Waals surface area contributed by atoms with Crippen molar-refractivity contribution in [3.05, 3.63) is 81.3 Å². The summed E-state index contributed by atoms with van der Waals surface area (Å²) in [7, 11) is 0. The van der Waals surface area contributed by atoms with Gasteiger partial charge in [-0.05, 0) is 47.9 Å². The quantitative estimate of drug-likeness (QED) is 0.704. The zero-order valence-electron chi connectivity index (χ0n) is 11.6. The molecule has 2 heterocycles. The highest BCUT2D eigenvalue weighted by Crippen LogP contribution is 2.12. The monoisotopic (exact) mass is 328 g/mol. The van der Waals surface area contributed by atoms with Crippen molar-refractivity contribution in [2.75, 3.05) is 0 Å². The van der Waals surface area contributed by atoms with Gasteiger partial charge in [-0.15, -0.1) is 11.3 Å². The summed E-state index contributed by atoms with van der Waals surface area (Å²) in [6.07, 6.45) is 6.51. The standard InChI is InChI=1S/C17H13ClN2OS/c18-14-8-6-13(7-9-14)17(21)20-11-10-15(19-20)3-1-4-16-5-2-12-22-16/h1-3,5-12H,4H2. The van der Waals surface area contributed by atoms with E-state index in [-0.39, 0.29) is 5.91 Å². The summed E-state index contributed by atoms with van der Waals surface area (Å²) in [6.45, 7) is 0. The SMILES string of the molecule is O=C(c1ccc(Cl)cc1)n1ccc(C=CCc2cccs2)n1. The Morgan fingerprint density at radius 1 is 1.23 bits per heavy atom. The van der Waals surface area contributed by atoms with Crippen LogP contribution in [0.4, 0.5) is 0 Å². The van der Waals surface area contributed by atoms with Gasteiger partial charge in [-0.25, -0.2) is 4.68 Å². The maximum absolute atomic E-state index is 12.3. The lowest BCUT2D eigenvalue weighted by Gasteiger charge is -2.00. The van der Waals surface area contributed by atoms with E-state index in [0.717, 1.165) is 12.1 Å². The molecule has 0 bridgehead atoms. The van der Waals surface area contributed by atoms with E-state index in [2.05, 4.69) is 16.5 Å². The third-order valence-electron chi connectivity index (χ3n) is 3.10. The first-order chi connectivity index (χ1) is 10.7. The van der Waals surface area contributed by atoms with Crippen LogP contribution >= 0.6 is 22.9 Å². The Morgan fingerprint density at radius 3 is 2.77 bits per heavy atom. The zero-order chi connectivity index (χ0) is 15.4. The lowest BCUT2D eigenvalue weighted by molar-refractivity contribution is 0.0945. The van der Waals surface area contributed by atoms with E-state index in [0.29, 0.717) is 10.6 Å². The van der Waals surface area contributed by atoms with Gasteiger partial charge in [0, 0.05) is 28.1 Å². The molecule has 0 saturated heterocycles. The van der Waals surface area contributed by atoms with Gasteiger partial charge >= 0.3 is 0 Å². The van der Waals surface area contributed by atoms with Crippen LogP contribution in [0.1, 0.15) is 20.9 Å². The fourth-order valence-electron chi connectivity index (χ4n) is 1.99. The van der Waals surface area contributed by atoms with Gasteiger partial charge in [-0.1, -0.05) is 23.7 Å². The molecule has 0 atom stereocenters. The topological polar surface area (TPSA) is 34.9 Å². The Morgan fingerprint density at radius 2 is 2.05 bits per heavy atom. The summed E-state index contributed by atoms with van der Waals surface area (Å²) in [5.74, 6) is -0.172. The number of halogens is 1. The molecule has 22 heavy (non-hydrogen) atoms. The van der Waals surface area contributed by atoms with Crippen LogP contribution in [0.15, 0.2) is 60.1 Å². The molecular weight excluding hydrogens is 316 g/mol. The van der Waals surface area contributed by atoms with Gasteiger partial charge in [0.2, 0.25) is 0 Å². The van der Waals surface area contributed by atoms with Crippen molar-refractivity contribution in [2.45, 2.75) is 6.42 Å². The fraction of sp³-hybridized carbons (Fsp3) is 0.0588. The number of carbonyl (C=O) groups excluding carboxylic acids is 1. The molecule has 110 valence electrons. The lowest BCUT2D eigenvalue weighted by atomic mass is 10.2. The van der Waals surface area contributed by atoms with Crippen LogP contribution in [0.25, 0.3) is 6.08 Å². The molecule has 3 nitrogen and oxygen atoms in total. The second-order valence-corrected chi connectivity index (χ2v) is 6.15. The molecule has 2 aromatic heterocycles.